The Hall–Kier alpha value is -3.06. The summed E-state index contributed by atoms with van der Waals surface area (Å²) in [6.07, 6.45) is 0. The van der Waals surface area contributed by atoms with Crippen LogP contribution >= 0.6 is 0 Å². The third-order valence-corrected chi connectivity index (χ3v) is 5.40. The Balaban J connectivity index is 1.46. The Morgan fingerprint density at radius 2 is 1.78 bits per heavy atom. The van der Waals surface area contributed by atoms with Gasteiger partial charge in [-0.15, -0.1) is 0 Å². The molecule has 2 aromatic carbocycles. The van der Waals surface area contributed by atoms with Crippen molar-refractivity contribution in [3.05, 3.63) is 54.1 Å². The Kier molecular flexibility index (Phi) is 7.75. The van der Waals surface area contributed by atoms with Crippen molar-refractivity contribution in [2.75, 3.05) is 56.7 Å². The van der Waals surface area contributed by atoms with Crippen LogP contribution in [0.3, 0.4) is 0 Å². The molecule has 1 fully saturated rings. The minimum absolute atomic E-state index is 0.00133. The van der Waals surface area contributed by atoms with E-state index in [1.54, 1.807) is 7.05 Å². The molecule has 0 aromatic heterocycles. The van der Waals surface area contributed by atoms with Crippen LogP contribution in [0.4, 0.5) is 11.4 Å². The van der Waals surface area contributed by atoms with Crippen molar-refractivity contribution < 1.29 is 19.1 Å². The zero-order chi connectivity index (χ0) is 23.1. The van der Waals surface area contributed by atoms with E-state index >= 15 is 0 Å². The number of nitrogens with zero attached hydrogens (tertiary/aromatic N) is 2. The molecule has 1 heterocycles. The first-order chi connectivity index (χ1) is 15.2. The highest BCUT2D eigenvalue weighted by molar-refractivity contribution is 5.94. The molecule has 2 amide bonds. The van der Waals surface area contributed by atoms with E-state index in [2.05, 4.69) is 31.0 Å². The van der Waals surface area contributed by atoms with Crippen molar-refractivity contribution in [3.8, 4) is 5.75 Å². The van der Waals surface area contributed by atoms with Gasteiger partial charge in [0, 0.05) is 31.5 Å². The Morgan fingerprint density at radius 1 is 1.09 bits per heavy atom. The third-order valence-electron chi connectivity index (χ3n) is 5.40. The number of carbonyl (C=O) groups excluding carboxylic acids is 2. The van der Waals surface area contributed by atoms with E-state index < -0.39 is 0 Å². The van der Waals surface area contributed by atoms with Crippen LogP contribution in [0, 0.1) is 0 Å². The molecule has 0 atom stereocenters. The second-order valence-electron chi connectivity index (χ2n) is 9.01. The normalized spacial score (nSPS) is 14.1. The summed E-state index contributed by atoms with van der Waals surface area (Å²) in [5, 5.41) is 2.84. The topological polar surface area (TPSA) is 71.1 Å². The molecule has 7 heteroatoms. The molecule has 1 aliphatic heterocycles. The lowest BCUT2D eigenvalue weighted by atomic mass is 9.87. The average molecular weight is 440 g/mol. The predicted octanol–water partition coefficient (Wildman–Crippen LogP) is 3.30. The van der Waals surface area contributed by atoms with Gasteiger partial charge in [0.2, 0.25) is 5.91 Å². The Labute approximate surface area is 190 Å². The minimum Gasteiger partial charge on any atom is -0.484 e. The highest BCUT2D eigenvalue weighted by atomic mass is 16.5. The van der Waals surface area contributed by atoms with Crippen molar-refractivity contribution in [2.45, 2.75) is 26.2 Å². The van der Waals surface area contributed by atoms with Gasteiger partial charge in [-0.25, -0.2) is 0 Å². The van der Waals surface area contributed by atoms with Gasteiger partial charge < -0.3 is 24.6 Å². The van der Waals surface area contributed by atoms with Crippen LogP contribution in [0.1, 0.15) is 26.3 Å². The van der Waals surface area contributed by atoms with Crippen LogP contribution in [0.15, 0.2) is 48.5 Å². The molecule has 3 rings (SSSR count). The quantitative estimate of drug-likeness (QED) is 0.717. The number of amides is 2. The number of likely N-dealkylation sites (N-methyl/N-ethyl adjacent to an activating group) is 1. The van der Waals surface area contributed by atoms with E-state index in [4.69, 9.17) is 9.47 Å². The number of nitrogens with one attached hydrogen (secondary N) is 1. The summed E-state index contributed by atoms with van der Waals surface area (Å²) < 4.78 is 11.0. The van der Waals surface area contributed by atoms with Crippen LogP contribution < -0.4 is 15.0 Å². The SMILES string of the molecule is CN(CC(=O)Nc1ccc(N2CCOCC2)cc1)C(=O)COc1cccc(C(C)(C)C)c1. The van der Waals surface area contributed by atoms with Crippen LogP contribution in [-0.2, 0) is 19.7 Å². The molecular weight excluding hydrogens is 406 g/mol. The van der Waals surface area contributed by atoms with Crippen molar-refractivity contribution >= 4 is 23.2 Å². The first-order valence-corrected chi connectivity index (χ1v) is 10.9. The standard InChI is InChI=1S/C25H33N3O4/c1-25(2,3)19-6-5-7-22(16-19)32-18-24(30)27(4)17-23(29)26-20-8-10-21(11-9-20)28-12-14-31-15-13-28/h5-11,16H,12-15,17-18H2,1-4H3,(H,26,29). The summed E-state index contributed by atoms with van der Waals surface area (Å²) in [6.45, 7) is 9.39. The van der Waals surface area contributed by atoms with E-state index in [1.165, 1.54) is 4.90 Å². The molecule has 0 aliphatic carbocycles. The summed E-state index contributed by atoms with van der Waals surface area (Å²) >= 11 is 0. The second-order valence-corrected chi connectivity index (χ2v) is 9.01. The van der Waals surface area contributed by atoms with Crippen LogP contribution in [0.25, 0.3) is 0 Å². The lowest BCUT2D eigenvalue weighted by Crippen LogP contribution is -2.37. The van der Waals surface area contributed by atoms with Gasteiger partial charge in [0.25, 0.3) is 5.91 Å². The van der Waals surface area contributed by atoms with Gasteiger partial charge in [-0.1, -0.05) is 32.9 Å². The van der Waals surface area contributed by atoms with Crippen molar-refractivity contribution in [1.29, 1.82) is 0 Å². The lowest BCUT2D eigenvalue weighted by Gasteiger charge is -2.28. The summed E-state index contributed by atoms with van der Waals surface area (Å²) in [7, 11) is 1.60. The van der Waals surface area contributed by atoms with Gasteiger partial charge in [0.1, 0.15) is 5.75 Å². The van der Waals surface area contributed by atoms with Gasteiger partial charge >= 0.3 is 0 Å². The molecule has 0 spiro atoms. The highest BCUT2D eigenvalue weighted by Gasteiger charge is 2.17. The van der Waals surface area contributed by atoms with Crippen molar-refractivity contribution in [1.82, 2.24) is 4.90 Å². The molecule has 32 heavy (non-hydrogen) atoms. The molecule has 172 valence electrons. The Morgan fingerprint density at radius 3 is 2.44 bits per heavy atom. The van der Waals surface area contributed by atoms with Crippen molar-refractivity contribution in [3.63, 3.8) is 0 Å². The number of carbonyl (C=O) groups is 2. The predicted molar refractivity (Wildman–Crippen MR) is 126 cm³/mol. The fourth-order valence-electron chi connectivity index (χ4n) is 3.39. The van der Waals surface area contributed by atoms with Gasteiger partial charge in [-0.2, -0.15) is 0 Å². The monoisotopic (exact) mass is 439 g/mol. The molecule has 0 saturated carbocycles. The first-order valence-electron chi connectivity index (χ1n) is 10.9. The fraction of sp³-hybridized carbons (Fsp3) is 0.440. The lowest BCUT2D eigenvalue weighted by molar-refractivity contribution is -0.135. The summed E-state index contributed by atoms with van der Waals surface area (Å²) in [6, 6.07) is 15.4. The van der Waals surface area contributed by atoms with Crippen LogP contribution in [-0.4, -0.2) is 63.2 Å². The number of morpholine rings is 1. The maximum absolute atomic E-state index is 12.4. The molecule has 0 bridgehead atoms. The van der Waals surface area contributed by atoms with Crippen LogP contribution in [0.5, 0.6) is 5.75 Å². The van der Waals surface area contributed by atoms with Gasteiger partial charge in [-0.3, -0.25) is 9.59 Å². The van der Waals surface area contributed by atoms with E-state index in [0.29, 0.717) is 11.4 Å². The number of rotatable bonds is 7. The number of anilines is 2. The second kappa shape index (κ2) is 10.5. The fourth-order valence-corrected chi connectivity index (χ4v) is 3.39. The van der Waals surface area contributed by atoms with Crippen molar-refractivity contribution in [2.24, 2.45) is 0 Å². The summed E-state index contributed by atoms with van der Waals surface area (Å²) in [4.78, 5) is 28.4. The zero-order valence-electron chi connectivity index (χ0n) is 19.4. The number of ether oxygens (including phenoxy) is 2. The molecule has 7 nitrogen and oxygen atoms in total. The number of benzene rings is 2. The zero-order valence-corrected chi connectivity index (χ0v) is 19.4. The smallest absolute Gasteiger partial charge is 0.260 e. The Bertz CT molecular complexity index is 916. The molecule has 1 saturated heterocycles. The number of hydrogen-bond donors (Lipinski definition) is 1. The van der Waals surface area contributed by atoms with Gasteiger partial charge in [-0.05, 0) is 47.4 Å². The third kappa shape index (κ3) is 6.72. The molecule has 1 aliphatic rings. The van der Waals surface area contributed by atoms with Gasteiger partial charge in [0.05, 0.1) is 19.8 Å². The van der Waals surface area contributed by atoms with E-state index in [0.717, 1.165) is 37.6 Å². The molecule has 0 unspecified atom stereocenters. The van der Waals surface area contributed by atoms with Gasteiger partial charge in [0.15, 0.2) is 6.61 Å². The summed E-state index contributed by atoms with van der Waals surface area (Å²) in [5.74, 6) is 0.127. The molecular formula is C25H33N3O4. The van der Waals surface area contributed by atoms with E-state index in [9.17, 15) is 9.59 Å². The maximum atomic E-state index is 12.4. The molecule has 1 N–H and O–H groups in total. The summed E-state index contributed by atoms with van der Waals surface area (Å²) in [5.41, 5.74) is 2.93. The molecule has 2 aromatic rings. The number of hydrogen-bond acceptors (Lipinski definition) is 5. The van der Waals surface area contributed by atoms with E-state index in [1.807, 2.05) is 48.5 Å². The minimum atomic E-state index is -0.260. The maximum Gasteiger partial charge on any atom is 0.260 e. The largest absolute Gasteiger partial charge is 0.484 e. The molecule has 0 radical (unpaired) electrons. The van der Waals surface area contributed by atoms with E-state index in [-0.39, 0.29) is 30.4 Å². The average Bonchev–Trinajstić information content (AvgIpc) is 2.78. The highest BCUT2D eigenvalue weighted by Crippen LogP contribution is 2.25. The first kappa shape index (κ1) is 23.6. The van der Waals surface area contributed by atoms with Crippen LogP contribution in [0.2, 0.25) is 0 Å².